The number of aryl methyl sites for hydroxylation is 1. The van der Waals surface area contributed by atoms with Crippen molar-refractivity contribution in [1.82, 2.24) is 4.98 Å². The number of pyridine rings is 1. The quantitative estimate of drug-likeness (QED) is 0.783. The molecule has 0 saturated carbocycles. The first kappa shape index (κ1) is 14.6. The lowest BCUT2D eigenvalue weighted by atomic mass is 10.1. The van der Waals surface area contributed by atoms with E-state index in [9.17, 15) is 0 Å². The molecule has 0 unspecified atom stereocenters. The zero-order valence-corrected chi connectivity index (χ0v) is 12.4. The van der Waals surface area contributed by atoms with Crippen molar-refractivity contribution in [3.05, 3.63) is 65.3 Å². The number of nitrogens with one attached hydrogen (secondary N) is 1. The van der Waals surface area contributed by atoms with Gasteiger partial charge < -0.3 is 17.7 Å². The number of hydrogen-bond acceptors (Lipinski definition) is 2. The summed E-state index contributed by atoms with van der Waals surface area (Å²) in [7, 11) is 0. The molecule has 0 spiro atoms. The van der Waals surface area contributed by atoms with Crippen LogP contribution in [0, 0.1) is 6.92 Å². The van der Waals surface area contributed by atoms with Gasteiger partial charge in [0.15, 0.2) is 0 Å². The monoisotopic (exact) mass is 303 g/mol. The van der Waals surface area contributed by atoms with Gasteiger partial charge in [-0.05, 0) is 43.3 Å². The average molecular weight is 304 g/mol. The summed E-state index contributed by atoms with van der Waals surface area (Å²) in [4.78, 5) is 4.52. The van der Waals surface area contributed by atoms with E-state index in [1.165, 1.54) is 0 Å². The Morgan fingerprint density at radius 3 is 2.50 bits per heavy atom. The van der Waals surface area contributed by atoms with Crippen molar-refractivity contribution in [2.75, 3.05) is 5.32 Å². The topological polar surface area (TPSA) is 24.9 Å². The van der Waals surface area contributed by atoms with Crippen LogP contribution in [0.25, 0.3) is 10.9 Å². The third-order valence-electron chi connectivity index (χ3n) is 2.95. The standard InChI is InChI=1S/C16H13ClN2.ClH/c1-11-9-16(19-13-5-3-2-4-6-13)14-10-12(17)7-8-15(14)18-11;/h2-10H,1H3,(H,18,19);1H/p-1. The van der Waals surface area contributed by atoms with E-state index in [-0.39, 0.29) is 12.4 Å². The van der Waals surface area contributed by atoms with Gasteiger partial charge in [0.1, 0.15) is 0 Å². The first-order valence-corrected chi connectivity index (χ1v) is 6.49. The maximum atomic E-state index is 6.08. The summed E-state index contributed by atoms with van der Waals surface area (Å²) in [5.74, 6) is 0. The van der Waals surface area contributed by atoms with Crippen LogP contribution in [0.5, 0.6) is 0 Å². The highest BCUT2D eigenvalue weighted by atomic mass is 35.5. The molecule has 3 rings (SSSR count). The first-order chi connectivity index (χ1) is 9.22. The molecule has 0 fully saturated rings. The van der Waals surface area contributed by atoms with E-state index in [1.54, 1.807) is 0 Å². The second-order valence-electron chi connectivity index (χ2n) is 4.46. The molecular weight excluding hydrogens is 291 g/mol. The van der Waals surface area contributed by atoms with Crippen LogP contribution in [0.15, 0.2) is 54.6 Å². The van der Waals surface area contributed by atoms with E-state index < -0.39 is 0 Å². The van der Waals surface area contributed by atoms with E-state index in [1.807, 2.05) is 61.5 Å². The summed E-state index contributed by atoms with van der Waals surface area (Å²) in [6.45, 7) is 1.99. The van der Waals surface area contributed by atoms with Gasteiger partial charge in [0.2, 0.25) is 0 Å². The lowest BCUT2D eigenvalue weighted by molar-refractivity contribution is -0.00000378. The normalized spacial score (nSPS) is 10.1. The van der Waals surface area contributed by atoms with Gasteiger partial charge in [-0.3, -0.25) is 4.98 Å². The number of fused-ring (bicyclic) bond motifs is 1. The van der Waals surface area contributed by atoms with Crippen LogP contribution in [-0.4, -0.2) is 4.98 Å². The summed E-state index contributed by atoms with van der Waals surface area (Å²) in [5, 5.41) is 5.16. The van der Waals surface area contributed by atoms with Crippen LogP contribution in [0.3, 0.4) is 0 Å². The molecule has 0 aliphatic heterocycles. The summed E-state index contributed by atoms with van der Waals surface area (Å²) in [6.07, 6.45) is 0. The summed E-state index contributed by atoms with van der Waals surface area (Å²) < 4.78 is 0. The van der Waals surface area contributed by atoms with Crippen molar-refractivity contribution in [3.63, 3.8) is 0 Å². The molecule has 0 aliphatic carbocycles. The number of aromatic nitrogens is 1. The molecular formula is C16H13Cl2N2-. The van der Waals surface area contributed by atoms with E-state index in [4.69, 9.17) is 11.6 Å². The van der Waals surface area contributed by atoms with E-state index >= 15 is 0 Å². The SMILES string of the molecule is Cc1cc(Nc2ccccc2)c2cc(Cl)ccc2n1.[Cl-]. The predicted molar refractivity (Wildman–Crippen MR) is 81.2 cm³/mol. The number of anilines is 2. The average Bonchev–Trinajstić information content (AvgIpc) is 2.41. The molecule has 2 aromatic carbocycles. The summed E-state index contributed by atoms with van der Waals surface area (Å²) in [6, 6.07) is 17.9. The number of nitrogens with zero attached hydrogens (tertiary/aromatic N) is 1. The van der Waals surface area contributed by atoms with Crippen molar-refractivity contribution in [3.8, 4) is 0 Å². The zero-order valence-electron chi connectivity index (χ0n) is 10.9. The minimum atomic E-state index is 0. The lowest BCUT2D eigenvalue weighted by Crippen LogP contribution is -3.00. The third-order valence-corrected chi connectivity index (χ3v) is 3.19. The largest absolute Gasteiger partial charge is 1.00 e. The molecule has 0 atom stereocenters. The lowest BCUT2D eigenvalue weighted by Gasteiger charge is -2.11. The molecule has 0 radical (unpaired) electrons. The van der Waals surface area contributed by atoms with E-state index in [0.717, 1.165) is 28.0 Å². The number of benzene rings is 2. The molecule has 3 aromatic rings. The van der Waals surface area contributed by atoms with Crippen molar-refractivity contribution in [1.29, 1.82) is 0 Å². The molecule has 0 amide bonds. The van der Waals surface area contributed by atoms with Crippen LogP contribution in [0.2, 0.25) is 5.02 Å². The Bertz CT molecular complexity index is 727. The molecule has 1 aromatic heterocycles. The molecule has 102 valence electrons. The highest BCUT2D eigenvalue weighted by Gasteiger charge is 2.05. The second kappa shape index (κ2) is 6.12. The van der Waals surface area contributed by atoms with Crippen LogP contribution >= 0.6 is 11.6 Å². The summed E-state index contributed by atoms with van der Waals surface area (Å²) in [5.41, 5.74) is 4.00. The molecule has 2 nitrogen and oxygen atoms in total. The molecule has 4 heteroatoms. The van der Waals surface area contributed by atoms with Crippen LogP contribution < -0.4 is 17.7 Å². The molecule has 0 bridgehead atoms. The molecule has 20 heavy (non-hydrogen) atoms. The minimum Gasteiger partial charge on any atom is -1.00 e. The van der Waals surface area contributed by atoms with Gasteiger partial charge in [0.25, 0.3) is 0 Å². The third kappa shape index (κ3) is 3.03. The highest BCUT2D eigenvalue weighted by Crippen LogP contribution is 2.28. The Balaban J connectivity index is 0.00000147. The summed E-state index contributed by atoms with van der Waals surface area (Å²) >= 11 is 6.08. The number of hydrogen-bond donors (Lipinski definition) is 1. The van der Waals surface area contributed by atoms with Gasteiger partial charge in [-0.2, -0.15) is 0 Å². The molecule has 0 aliphatic rings. The minimum absolute atomic E-state index is 0. The van der Waals surface area contributed by atoms with Gasteiger partial charge in [0, 0.05) is 27.5 Å². The Labute approximate surface area is 129 Å². The van der Waals surface area contributed by atoms with Crippen LogP contribution in [-0.2, 0) is 0 Å². The second-order valence-corrected chi connectivity index (χ2v) is 4.90. The van der Waals surface area contributed by atoms with Gasteiger partial charge in [-0.25, -0.2) is 0 Å². The van der Waals surface area contributed by atoms with Crippen molar-refractivity contribution >= 4 is 33.9 Å². The van der Waals surface area contributed by atoms with Gasteiger partial charge in [-0.1, -0.05) is 29.8 Å². The fourth-order valence-electron chi connectivity index (χ4n) is 2.11. The van der Waals surface area contributed by atoms with Crippen molar-refractivity contribution < 1.29 is 12.4 Å². The van der Waals surface area contributed by atoms with Crippen LogP contribution in [0.4, 0.5) is 11.4 Å². The Hall–Kier alpha value is -1.77. The Kier molecular flexibility index (Phi) is 4.48. The zero-order chi connectivity index (χ0) is 13.2. The fraction of sp³-hybridized carbons (Fsp3) is 0.0625. The van der Waals surface area contributed by atoms with E-state index in [0.29, 0.717) is 5.02 Å². The number of para-hydroxylation sites is 1. The predicted octanol–water partition coefficient (Wildman–Crippen LogP) is 1.94. The highest BCUT2D eigenvalue weighted by molar-refractivity contribution is 6.31. The smallest absolute Gasteiger partial charge is 0.0727 e. The molecule has 1 heterocycles. The maximum Gasteiger partial charge on any atom is 0.0727 e. The van der Waals surface area contributed by atoms with Gasteiger partial charge >= 0.3 is 0 Å². The Morgan fingerprint density at radius 2 is 1.75 bits per heavy atom. The van der Waals surface area contributed by atoms with Gasteiger partial charge in [0.05, 0.1) is 5.52 Å². The van der Waals surface area contributed by atoms with Crippen molar-refractivity contribution in [2.45, 2.75) is 6.92 Å². The number of rotatable bonds is 2. The van der Waals surface area contributed by atoms with Crippen LogP contribution in [0.1, 0.15) is 5.69 Å². The molecule has 1 N–H and O–H groups in total. The first-order valence-electron chi connectivity index (χ1n) is 6.11. The number of halogens is 2. The fourth-order valence-corrected chi connectivity index (χ4v) is 2.28. The van der Waals surface area contributed by atoms with Gasteiger partial charge in [-0.15, -0.1) is 0 Å². The Morgan fingerprint density at radius 1 is 1.00 bits per heavy atom. The van der Waals surface area contributed by atoms with Crippen molar-refractivity contribution in [2.24, 2.45) is 0 Å². The van der Waals surface area contributed by atoms with E-state index in [2.05, 4.69) is 10.3 Å². The maximum absolute atomic E-state index is 6.08. The molecule has 0 saturated heterocycles.